The van der Waals surface area contributed by atoms with Crippen molar-refractivity contribution in [1.29, 1.82) is 0 Å². The fraction of sp³-hybridized carbons (Fsp3) is 0.467. The second-order valence-corrected chi connectivity index (χ2v) is 6.18. The SMILES string of the molecule is CC(C)n1cc(C(=O)NC[C@H](CO)Cc2ccsc2)cn1. The third-order valence-corrected chi connectivity index (χ3v) is 4.04. The molecule has 0 aliphatic carbocycles. The summed E-state index contributed by atoms with van der Waals surface area (Å²) < 4.78 is 1.75. The molecule has 0 saturated heterocycles. The van der Waals surface area contributed by atoms with Crippen molar-refractivity contribution in [1.82, 2.24) is 15.1 Å². The first-order valence-electron chi connectivity index (χ1n) is 7.04. The molecule has 0 bridgehead atoms. The Hall–Kier alpha value is -1.66. The van der Waals surface area contributed by atoms with Crippen LogP contribution in [0.2, 0.25) is 0 Å². The number of nitrogens with zero attached hydrogens (tertiary/aromatic N) is 2. The van der Waals surface area contributed by atoms with Crippen LogP contribution in [0.25, 0.3) is 0 Å². The van der Waals surface area contributed by atoms with E-state index in [2.05, 4.69) is 15.8 Å². The number of aliphatic hydroxyl groups is 1. The Balaban J connectivity index is 1.86. The second kappa shape index (κ2) is 7.38. The van der Waals surface area contributed by atoms with Gasteiger partial charge in [0.1, 0.15) is 0 Å². The predicted octanol–water partition coefficient (Wildman–Crippen LogP) is 2.11. The molecule has 0 aliphatic rings. The van der Waals surface area contributed by atoms with Gasteiger partial charge in [-0.2, -0.15) is 16.4 Å². The van der Waals surface area contributed by atoms with Gasteiger partial charge in [-0.1, -0.05) is 0 Å². The van der Waals surface area contributed by atoms with Gasteiger partial charge < -0.3 is 10.4 Å². The van der Waals surface area contributed by atoms with Gasteiger partial charge in [-0.15, -0.1) is 0 Å². The smallest absolute Gasteiger partial charge is 0.254 e. The van der Waals surface area contributed by atoms with Crippen LogP contribution in [0, 0.1) is 5.92 Å². The fourth-order valence-corrected chi connectivity index (χ4v) is 2.70. The standard InChI is InChI=1S/C15H21N3O2S/c1-11(2)18-8-14(7-17-18)15(20)16-6-13(9-19)5-12-3-4-21-10-12/h3-4,7-8,10-11,13,19H,5-6,9H2,1-2H3,(H,16,20)/t13-/m1/s1. The molecule has 114 valence electrons. The average molecular weight is 307 g/mol. The molecule has 2 N–H and O–H groups in total. The van der Waals surface area contributed by atoms with Crippen molar-refractivity contribution in [3.63, 3.8) is 0 Å². The van der Waals surface area contributed by atoms with Gasteiger partial charge in [0.25, 0.3) is 5.91 Å². The predicted molar refractivity (Wildman–Crippen MR) is 83.5 cm³/mol. The molecule has 1 atom stereocenters. The minimum absolute atomic E-state index is 0.0312. The molecule has 2 aromatic rings. The van der Waals surface area contributed by atoms with Gasteiger partial charge in [0, 0.05) is 31.3 Å². The first-order chi connectivity index (χ1) is 10.1. The lowest BCUT2D eigenvalue weighted by Gasteiger charge is -2.14. The second-order valence-electron chi connectivity index (χ2n) is 5.40. The largest absolute Gasteiger partial charge is 0.396 e. The molecule has 5 nitrogen and oxygen atoms in total. The number of aliphatic hydroxyl groups excluding tert-OH is 1. The molecule has 0 saturated carbocycles. The van der Waals surface area contributed by atoms with Crippen molar-refractivity contribution in [3.05, 3.63) is 40.3 Å². The molecule has 2 heterocycles. The van der Waals surface area contributed by atoms with Gasteiger partial charge in [-0.05, 0) is 42.7 Å². The average Bonchev–Trinajstić information content (AvgIpc) is 3.13. The normalized spacial score (nSPS) is 12.6. The summed E-state index contributed by atoms with van der Waals surface area (Å²) in [4.78, 5) is 12.1. The van der Waals surface area contributed by atoms with Crippen LogP contribution in [0.1, 0.15) is 35.8 Å². The molecular formula is C15H21N3O2S. The van der Waals surface area contributed by atoms with Gasteiger partial charge >= 0.3 is 0 Å². The van der Waals surface area contributed by atoms with Crippen LogP contribution in [0.4, 0.5) is 0 Å². The highest BCUT2D eigenvalue weighted by Crippen LogP contribution is 2.12. The van der Waals surface area contributed by atoms with E-state index in [-0.39, 0.29) is 24.5 Å². The van der Waals surface area contributed by atoms with E-state index in [0.717, 1.165) is 6.42 Å². The number of hydrogen-bond donors (Lipinski definition) is 2. The molecule has 0 spiro atoms. The van der Waals surface area contributed by atoms with E-state index in [9.17, 15) is 9.90 Å². The third kappa shape index (κ3) is 4.41. The Labute approximate surface area is 128 Å². The summed E-state index contributed by atoms with van der Waals surface area (Å²) in [5.41, 5.74) is 1.75. The summed E-state index contributed by atoms with van der Waals surface area (Å²) in [6.45, 7) is 4.54. The Kier molecular flexibility index (Phi) is 5.52. The van der Waals surface area contributed by atoms with Crippen LogP contribution in [0.3, 0.4) is 0 Å². The molecule has 0 unspecified atom stereocenters. The number of thiophene rings is 1. The molecule has 0 fully saturated rings. The lowest BCUT2D eigenvalue weighted by molar-refractivity contribution is 0.0940. The van der Waals surface area contributed by atoms with Crippen LogP contribution in [-0.2, 0) is 6.42 Å². The molecule has 0 radical (unpaired) electrons. The van der Waals surface area contributed by atoms with E-state index in [0.29, 0.717) is 12.1 Å². The Morgan fingerprint density at radius 1 is 1.52 bits per heavy atom. The quantitative estimate of drug-likeness (QED) is 0.823. The zero-order chi connectivity index (χ0) is 15.2. The van der Waals surface area contributed by atoms with Crippen LogP contribution < -0.4 is 5.32 Å². The van der Waals surface area contributed by atoms with Crippen molar-refractivity contribution in [2.24, 2.45) is 5.92 Å². The maximum atomic E-state index is 12.1. The lowest BCUT2D eigenvalue weighted by Crippen LogP contribution is -2.31. The topological polar surface area (TPSA) is 67.2 Å². The van der Waals surface area contributed by atoms with Gasteiger partial charge in [0.05, 0.1) is 11.8 Å². The third-order valence-electron chi connectivity index (χ3n) is 3.31. The summed E-state index contributed by atoms with van der Waals surface area (Å²) in [6.07, 6.45) is 4.08. The number of hydrogen-bond acceptors (Lipinski definition) is 4. The highest BCUT2D eigenvalue weighted by molar-refractivity contribution is 7.07. The Bertz CT molecular complexity index is 563. The minimum Gasteiger partial charge on any atom is -0.396 e. The van der Waals surface area contributed by atoms with E-state index in [4.69, 9.17) is 0 Å². The van der Waals surface area contributed by atoms with Crippen LogP contribution in [0.5, 0.6) is 0 Å². The number of rotatable bonds is 7. The molecular weight excluding hydrogens is 286 g/mol. The summed E-state index contributed by atoms with van der Waals surface area (Å²) in [7, 11) is 0. The summed E-state index contributed by atoms with van der Waals surface area (Å²) in [5.74, 6) is -0.116. The highest BCUT2D eigenvalue weighted by Gasteiger charge is 2.13. The van der Waals surface area contributed by atoms with E-state index >= 15 is 0 Å². The summed E-state index contributed by atoms with van der Waals surface area (Å²) in [5, 5.41) is 20.5. The zero-order valence-electron chi connectivity index (χ0n) is 12.3. The van der Waals surface area contributed by atoms with Crippen LogP contribution in [-0.4, -0.2) is 33.9 Å². The molecule has 2 aromatic heterocycles. The van der Waals surface area contributed by atoms with Crippen LogP contribution >= 0.6 is 11.3 Å². The molecule has 1 amide bonds. The maximum absolute atomic E-state index is 12.1. The number of nitrogens with one attached hydrogen (secondary N) is 1. The number of carbonyl (C=O) groups is 1. The van der Waals surface area contributed by atoms with Gasteiger partial charge in [-0.3, -0.25) is 9.48 Å². The van der Waals surface area contributed by atoms with Crippen molar-refractivity contribution in [2.45, 2.75) is 26.3 Å². The Morgan fingerprint density at radius 2 is 2.33 bits per heavy atom. The van der Waals surface area contributed by atoms with Crippen molar-refractivity contribution >= 4 is 17.2 Å². The Morgan fingerprint density at radius 3 is 2.90 bits per heavy atom. The summed E-state index contributed by atoms with van der Waals surface area (Å²) in [6, 6.07) is 2.28. The van der Waals surface area contributed by atoms with E-state index in [1.54, 1.807) is 28.4 Å². The zero-order valence-corrected chi connectivity index (χ0v) is 13.1. The van der Waals surface area contributed by atoms with Gasteiger partial charge in [0.15, 0.2) is 0 Å². The molecule has 6 heteroatoms. The molecule has 2 rings (SSSR count). The van der Waals surface area contributed by atoms with Crippen molar-refractivity contribution < 1.29 is 9.90 Å². The highest BCUT2D eigenvalue weighted by atomic mass is 32.1. The molecule has 0 aromatic carbocycles. The van der Waals surface area contributed by atoms with E-state index in [1.165, 1.54) is 5.56 Å². The number of amides is 1. The minimum atomic E-state index is -0.148. The first-order valence-corrected chi connectivity index (χ1v) is 7.98. The van der Waals surface area contributed by atoms with Gasteiger partial charge in [0.2, 0.25) is 0 Å². The van der Waals surface area contributed by atoms with Gasteiger partial charge in [-0.25, -0.2) is 0 Å². The first kappa shape index (κ1) is 15.7. The number of carbonyl (C=O) groups excluding carboxylic acids is 1. The van der Waals surface area contributed by atoms with E-state index in [1.807, 2.05) is 25.3 Å². The van der Waals surface area contributed by atoms with Crippen molar-refractivity contribution in [2.75, 3.05) is 13.2 Å². The lowest BCUT2D eigenvalue weighted by atomic mass is 10.0. The molecule has 0 aliphatic heterocycles. The van der Waals surface area contributed by atoms with Crippen molar-refractivity contribution in [3.8, 4) is 0 Å². The monoisotopic (exact) mass is 307 g/mol. The fourth-order valence-electron chi connectivity index (χ4n) is 2.02. The van der Waals surface area contributed by atoms with Crippen LogP contribution in [0.15, 0.2) is 29.2 Å². The maximum Gasteiger partial charge on any atom is 0.254 e. The number of aromatic nitrogens is 2. The molecule has 21 heavy (non-hydrogen) atoms. The van der Waals surface area contributed by atoms with E-state index < -0.39 is 0 Å². The summed E-state index contributed by atoms with van der Waals surface area (Å²) >= 11 is 1.64.